The van der Waals surface area contributed by atoms with E-state index >= 15 is 0 Å². The predicted molar refractivity (Wildman–Crippen MR) is 95.2 cm³/mol. The minimum atomic E-state index is -3.61. The average Bonchev–Trinajstić information content (AvgIpc) is 2.49. The second-order valence-electron chi connectivity index (χ2n) is 6.11. The van der Waals surface area contributed by atoms with Crippen molar-refractivity contribution < 1.29 is 14.0 Å². The number of hydrogen-bond donors (Lipinski definition) is 1. The van der Waals surface area contributed by atoms with Gasteiger partial charge in [0.25, 0.3) is 0 Å². The Kier molecular flexibility index (Phi) is 14.8. The van der Waals surface area contributed by atoms with Gasteiger partial charge >= 0.3 is 7.75 Å². The fourth-order valence-corrected chi connectivity index (χ4v) is 3.74. The van der Waals surface area contributed by atoms with E-state index < -0.39 is 7.75 Å². The van der Waals surface area contributed by atoms with Crippen molar-refractivity contribution in [2.75, 3.05) is 19.7 Å². The van der Waals surface area contributed by atoms with Crippen molar-refractivity contribution in [3.8, 4) is 0 Å². The molecule has 0 bridgehead atoms. The highest BCUT2D eigenvalue weighted by Gasteiger charge is 2.28. The molecular weight excluding hydrogens is 297 g/mol. The molecule has 0 aromatic heterocycles. The maximum Gasteiger partial charge on any atom is 0.405 e. The van der Waals surface area contributed by atoms with Crippen molar-refractivity contribution >= 4 is 7.75 Å². The Morgan fingerprint density at radius 3 is 1.73 bits per heavy atom. The lowest BCUT2D eigenvalue weighted by Gasteiger charge is -2.26. The molecule has 1 atom stereocenters. The Labute approximate surface area is 138 Å². The van der Waals surface area contributed by atoms with Gasteiger partial charge in [0.15, 0.2) is 0 Å². The summed E-state index contributed by atoms with van der Waals surface area (Å²) in [6.07, 6.45) is 12.0. The zero-order valence-corrected chi connectivity index (χ0v) is 16.0. The summed E-state index contributed by atoms with van der Waals surface area (Å²) in [5, 5.41) is 0. The van der Waals surface area contributed by atoms with Gasteiger partial charge in [-0.25, -0.2) is 9.24 Å². The summed E-state index contributed by atoms with van der Waals surface area (Å²) in [5.41, 5.74) is 0. The monoisotopic (exact) mass is 335 g/mol. The normalized spacial score (nSPS) is 14.4. The smallest absolute Gasteiger partial charge is 0.312 e. The molecule has 4 nitrogen and oxygen atoms in total. The fraction of sp³-hybridized carbons (Fsp3) is 1.00. The van der Waals surface area contributed by atoms with Crippen LogP contribution in [0.3, 0.4) is 0 Å². The van der Waals surface area contributed by atoms with Gasteiger partial charge in [-0.1, -0.05) is 72.1 Å². The number of hydrogen-bond acceptors (Lipinski definition) is 2. The van der Waals surface area contributed by atoms with E-state index in [0.29, 0.717) is 19.7 Å². The van der Waals surface area contributed by atoms with Crippen LogP contribution in [0.4, 0.5) is 0 Å². The molecule has 1 N–H and O–H groups in total. The van der Waals surface area contributed by atoms with Crippen LogP contribution in [0.25, 0.3) is 0 Å². The molecule has 1 unspecified atom stereocenters. The third kappa shape index (κ3) is 11.6. The Balaban J connectivity index is 4.16. The summed E-state index contributed by atoms with van der Waals surface area (Å²) in [6, 6.07) is 0. The van der Waals surface area contributed by atoms with Crippen molar-refractivity contribution in [1.82, 2.24) is 4.67 Å². The van der Waals surface area contributed by atoms with Crippen LogP contribution in [0.1, 0.15) is 91.4 Å². The highest BCUT2D eigenvalue weighted by Crippen LogP contribution is 2.46. The molecule has 0 spiro atoms. The SMILES string of the molecule is CCCCCCCOP(=O)(O)N(CCCCC)CCCCC. The van der Waals surface area contributed by atoms with Crippen LogP contribution in [-0.4, -0.2) is 29.3 Å². The first-order valence-electron chi connectivity index (χ1n) is 9.31. The van der Waals surface area contributed by atoms with Crippen LogP contribution in [0.5, 0.6) is 0 Å². The summed E-state index contributed by atoms with van der Waals surface area (Å²) < 4.78 is 19.5. The van der Waals surface area contributed by atoms with E-state index in [1.54, 1.807) is 4.67 Å². The van der Waals surface area contributed by atoms with E-state index in [-0.39, 0.29) is 0 Å². The van der Waals surface area contributed by atoms with Gasteiger partial charge in [0, 0.05) is 13.1 Å². The summed E-state index contributed by atoms with van der Waals surface area (Å²) >= 11 is 0. The molecule has 0 saturated carbocycles. The highest BCUT2D eigenvalue weighted by molar-refractivity contribution is 7.50. The van der Waals surface area contributed by atoms with E-state index in [9.17, 15) is 9.46 Å². The number of rotatable bonds is 16. The summed E-state index contributed by atoms with van der Waals surface area (Å²) in [4.78, 5) is 10.2. The molecule has 22 heavy (non-hydrogen) atoms. The molecular formula is C17H38NO3P. The molecule has 0 aliphatic heterocycles. The molecule has 0 saturated heterocycles. The number of unbranched alkanes of at least 4 members (excludes halogenated alkanes) is 8. The molecule has 0 radical (unpaired) electrons. The molecule has 0 heterocycles. The Bertz CT molecular complexity index is 277. The minimum absolute atomic E-state index is 0.398. The lowest BCUT2D eigenvalue weighted by molar-refractivity contribution is 0.194. The molecule has 0 aromatic carbocycles. The molecule has 0 aromatic rings. The predicted octanol–water partition coefficient (Wildman–Crippen LogP) is 5.76. The molecule has 5 heteroatoms. The first-order chi connectivity index (χ1) is 10.6. The Hall–Kier alpha value is 0.110. The average molecular weight is 335 g/mol. The van der Waals surface area contributed by atoms with Crippen LogP contribution >= 0.6 is 7.75 Å². The van der Waals surface area contributed by atoms with E-state index in [0.717, 1.165) is 51.4 Å². The topological polar surface area (TPSA) is 49.8 Å². The van der Waals surface area contributed by atoms with E-state index in [1.165, 1.54) is 19.3 Å². The third-order valence-electron chi connectivity index (χ3n) is 3.90. The van der Waals surface area contributed by atoms with Crippen LogP contribution in [0, 0.1) is 0 Å². The van der Waals surface area contributed by atoms with E-state index in [2.05, 4.69) is 20.8 Å². The van der Waals surface area contributed by atoms with Crippen molar-refractivity contribution in [2.45, 2.75) is 91.4 Å². The van der Waals surface area contributed by atoms with Crippen molar-refractivity contribution in [2.24, 2.45) is 0 Å². The second-order valence-corrected chi connectivity index (χ2v) is 7.91. The molecule has 0 rings (SSSR count). The second kappa shape index (κ2) is 14.7. The standard InChI is InChI=1S/C17H38NO3P/c1-4-7-10-11-14-17-21-22(19,20)18(15-12-8-5-2)16-13-9-6-3/h4-17H2,1-3H3,(H,19,20). The number of nitrogens with zero attached hydrogens (tertiary/aromatic N) is 1. The zero-order valence-electron chi connectivity index (χ0n) is 15.1. The van der Waals surface area contributed by atoms with Gasteiger partial charge in [-0.05, 0) is 19.3 Å². The van der Waals surface area contributed by atoms with Gasteiger partial charge in [-0.15, -0.1) is 0 Å². The molecule has 0 aliphatic carbocycles. The van der Waals surface area contributed by atoms with Gasteiger partial charge < -0.3 is 4.89 Å². The Morgan fingerprint density at radius 2 is 1.23 bits per heavy atom. The maximum absolute atomic E-state index is 12.5. The van der Waals surface area contributed by atoms with Crippen LogP contribution in [-0.2, 0) is 9.09 Å². The van der Waals surface area contributed by atoms with Crippen LogP contribution < -0.4 is 0 Å². The van der Waals surface area contributed by atoms with E-state index in [4.69, 9.17) is 4.52 Å². The highest BCUT2D eigenvalue weighted by atomic mass is 31.2. The first kappa shape index (κ1) is 22.1. The quantitative estimate of drug-likeness (QED) is 0.288. The van der Waals surface area contributed by atoms with Gasteiger partial charge in [-0.3, -0.25) is 4.52 Å². The minimum Gasteiger partial charge on any atom is -0.312 e. The molecule has 0 aliphatic rings. The summed E-state index contributed by atoms with van der Waals surface area (Å²) in [6.45, 7) is 8.21. The van der Waals surface area contributed by atoms with Gasteiger partial charge in [0.2, 0.25) is 0 Å². The van der Waals surface area contributed by atoms with Gasteiger partial charge in [-0.2, -0.15) is 0 Å². The van der Waals surface area contributed by atoms with E-state index in [1.807, 2.05) is 0 Å². The summed E-state index contributed by atoms with van der Waals surface area (Å²) in [5.74, 6) is 0. The lowest BCUT2D eigenvalue weighted by atomic mass is 10.2. The van der Waals surface area contributed by atoms with Crippen molar-refractivity contribution in [3.63, 3.8) is 0 Å². The van der Waals surface area contributed by atoms with Crippen LogP contribution in [0.15, 0.2) is 0 Å². The third-order valence-corrected chi connectivity index (χ3v) is 5.54. The van der Waals surface area contributed by atoms with Crippen molar-refractivity contribution in [1.29, 1.82) is 0 Å². The Morgan fingerprint density at radius 1 is 0.773 bits per heavy atom. The largest absolute Gasteiger partial charge is 0.405 e. The van der Waals surface area contributed by atoms with Crippen LogP contribution in [0.2, 0.25) is 0 Å². The molecule has 0 amide bonds. The molecule has 134 valence electrons. The van der Waals surface area contributed by atoms with Gasteiger partial charge in [0.1, 0.15) is 0 Å². The molecule has 0 fully saturated rings. The fourth-order valence-electron chi connectivity index (χ4n) is 2.42. The zero-order chi connectivity index (χ0) is 16.7. The maximum atomic E-state index is 12.5. The first-order valence-corrected chi connectivity index (χ1v) is 10.8. The van der Waals surface area contributed by atoms with Gasteiger partial charge in [0.05, 0.1) is 6.61 Å². The lowest BCUT2D eigenvalue weighted by Crippen LogP contribution is -2.24. The summed E-state index contributed by atoms with van der Waals surface area (Å²) in [7, 11) is -3.61. The van der Waals surface area contributed by atoms with Crippen molar-refractivity contribution in [3.05, 3.63) is 0 Å².